The van der Waals surface area contributed by atoms with Gasteiger partial charge in [-0.25, -0.2) is 4.57 Å². The van der Waals surface area contributed by atoms with Gasteiger partial charge in [-0.2, -0.15) is 0 Å². The fraction of sp³-hybridized carbons (Fsp3) is 0.133. The third kappa shape index (κ3) is 7.05. The van der Waals surface area contributed by atoms with Gasteiger partial charge in [-0.3, -0.25) is 14.6 Å². The molecule has 0 spiro atoms. The van der Waals surface area contributed by atoms with E-state index in [1.54, 1.807) is 12.1 Å². The van der Waals surface area contributed by atoms with Crippen LogP contribution in [0.4, 0.5) is 0 Å². The first-order chi connectivity index (χ1) is 12.9. The van der Waals surface area contributed by atoms with Gasteiger partial charge in [0, 0.05) is 0 Å². The van der Waals surface area contributed by atoms with Crippen LogP contribution in [0.5, 0.6) is 17.2 Å². The molecule has 0 heterocycles. The number of carboxylic acids is 1. The second kappa shape index (κ2) is 10.2. The summed E-state index contributed by atoms with van der Waals surface area (Å²) in [6.45, 7) is 0. The Kier molecular flexibility index (Phi) is 9.07. The number of phosphoric acid groups is 1. The normalized spacial score (nSPS) is 12.5. The number of ether oxygens (including phenoxy) is 1. The Hall–Kier alpha value is 0.540. The Balaban J connectivity index is 2.31. The monoisotopic (exact) mass is 857 g/mol. The van der Waals surface area contributed by atoms with E-state index in [2.05, 4.69) is 45.2 Å². The smallest absolute Gasteiger partial charge is 0.480 e. The number of nitrogens with two attached hydrogens (primary N) is 1. The fourth-order valence-corrected chi connectivity index (χ4v) is 6.92. The molecule has 2 rings (SSSR count). The first kappa shape index (κ1) is 24.8. The average molecular weight is 857 g/mol. The van der Waals surface area contributed by atoms with E-state index in [-0.39, 0.29) is 12.2 Å². The van der Waals surface area contributed by atoms with E-state index in [0.717, 1.165) is 12.7 Å². The van der Waals surface area contributed by atoms with Gasteiger partial charge in [0.25, 0.3) is 0 Å². The van der Waals surface area contributed by atoms with Gasteiger partial charge in [-0.05, 0) is 127 Å². The Morgan fingerprint density at radius 2 is 1.46 bits per heavy atom. The van der Waals surface area contributed by atoms with Crippen molar-refractivity contribution in [2.45, 2.75) is 12.5 Å². The molecule has 13 heteroatoms. The van der Waals surface area contributed by atoms with Crippen molar-refractivity contribution in [1.29, 1.82) is 0 Å². The maximum atomic E-state index is 11.1. The van der Waals surface area contributed by atoms with Gasteiger partial charge in [-0.15, -0.1) is 0 Å². The molecule has 152 valence electrons. The second-order valence-corrected chi connectivity index (χ2v) is 11.2. The minimum absolute atomic E-state index is 0.0873. The summed E-state index contributed by atoms with van der Waals surface area (Å²) < 4.78 is 24.3. The quantitative estimate of drug-likeness (QED) is 0.239. The highest BCUT2D eigenvalue weighted by molar-refractivity contribution is 14.1. The van der Waals surface area contributed by atoms with Crippen LogP contribution in [0.1, 0.15) is 5.56 Å². The molecule has 5 N–H and O–H groups in total. The van der Waals surface area contributed by atoms with Crippen LogP contribution >= 0.6 is 98.2 Å². The molecule has 2 aromatic rings. The van der Waals surface area contributed by atoms with E-state index in [9.17, 15) is 9.36 Å². The minimum Gasteiger partial charge on any atom is -0.480 e. The zero-order chi connectivity index (χ0) is 21.2. The van der Waals surface area contributed by atoms with Crippen molar-refractivity contribution in [3.8, 4) is 17.2 Å². The van der Waals surface area contributed by atoms with Crippen molar-refractivity contribution < 1.29 is 33.5 Å². The van der Waals surface area contributed by atoms with Crippen LogP contribution in [0, 0.1) is 14.3 Å². The molecule has 0 saturated heterocycles. The molecule has 2 aromatic carbocycles. The van der Waals surface area contributed by atoms with Gasteiger partial charge in [0.15, 0.2) is 11.5 Å². The number of carboxylic acid groups (broad SMARTS) is 1. The summed E-state index contributed by atoms with van der Waals surface area (Å²) in [5, 5.41) is 8.96. The van der Waals surface area contributed by atoms with E-state index in [1.165, 1.54) is 0 Å². The van der Waals surface area contributed by atoms with Crippen LogP contribution in [-0.4, -0.2) is 26.9 Å². The third-order valence-electron chi connectivity index (χ3n) is 3.23. The van der Waals surface area contributed by atoms with Crippen LogP contribution in [-0.2, 0) is 15.8 Å². The standard InChI is InChI=1S/C15H12I4NO7P/c16-8-1-6(3-12(20)15(21)22)2-9(17)13(8)26-7-4-10(18)14(11(19)5-7)27-28(23,24)25/h1-2,4-5,12H,3,20H2,(H,21,22)(H2,23,24,25)/t12-/m0/s1. The van der Waals surface area contributed by atoms with Crippen molar-refractivity contribution in [2.24, 2.45) is 5.73 Å². The van der Waals surface area contributed by atoms with Crippen molar-refractivity contribution >= 4 is 104 Å². The molecule has 0 unspecified atom stereocenters. The van der Waals surface area contributed by atoms with Crippen LogP contribution in [0.15, 0.2) is 24.3 Å². The van der Waals surface area contributed by atoms with Gasteiger partial charge < -0.3 is 20.1 Å². The number of hydrogen-bond acceptors (Lipinski definition) is 5. The number of halogens is 4. The third-order valence-corrected chi connectivity index (χ3v) is 6.86. The molecular weight excluding hydrogens is 845 g/mol. The second-order valence-electron chi connectivity index (χ2n) is 5.44. The van der Waals surface area contributed by atoms with Crippen LogP contribution in [0.2, 0.25) is 0 Å². The molecule has 0 aliphatic heterocycles. The van der Waals surface area contributed by atoms with Crippen LogP contribution in [0.3, 0.4) is 0 Å². The van der Waals surface area contributed by atoms with E-state index in [4.69, 9.17) is 29.9 Å². The van der Waals surface area contributed by atoms with Gasteiger partial charge in [-0.1, -0.05) is 0 Å². The zero-order valence-corrected chi connectivity index (χ0v) is 23.1. The van der Waals surface area contributed by atoms with Gasteiger partial charge >= 0.3 is 13.8 Å². The molecule has 0 radical (unpaired) electrons. The summed E-state index contributed by atoms with van der Waals surface area (Å²) in [5.41, 5.74) is 6.38. The van der Waals surface area contributed by atoms with Gasteiger partial charge in [0.05, 0.1) is 14.3 Å². The van der Waals surface area contributed by atoms with Crippen LogP contribution < -0.4 is 15.0 Å². The summed E-state index contributed by atoms with van der Waals surface area (Å²) in [5.74, 6) is 0.0816. The molecule has 1 atom stereocenters. The summed E-state index contributed by atoms with van der Waals surface area (Å²) >= 11 is 8.01. The fourth-order valence-electron chi connectivity index (χ4n) is 2.09. The molecule has 0 aliphatic rings. The Labute approximate surface area is 214 Å². The van der Waals surface area contributed by atoms with Gasteiger partial charge in [0.1, 0.15) is 11.8 Å². The predicted octanol–water partition coefficient (Wildman–Crippen LogP) is 4.32. The molecular formula is C15H12I4NO7P. The lowest BCUT2D eigenvalue weighted by atomic mass is 10.1. The zero-order valence-electron chi connectivity index (χ0n) is 13.6. The van der Waals surface area contributed by atoms with Crippen molar-refractivity contribution in [2.75, 3.05) is 0 Å². The lowest BCUT2D eigenvalue weighted by Gasteiger charge is -2.15. The molecule has 0 fully saturated rings. The molecule has 0 amide bonds. The summed E-state index contributed by atoms with van der Waals surface area (Å²) in [4.78, 5) is 29.0. The number of benzene rings is 2. The van der Waals surface area contributed by atoms with Crippen LogP contribution in [0.25, 0.3) is 0 Å². The molecule has 0 aromatic heterocycles. The highest BCUT2D eigenvalue weighted by atomic mass is 127. The molecule has 0 aliphatic carbocycles. The van der Waals surface area contributed by atoms with E-state index in [1.807, 2.05) is 57.3 Å². The number of hydrogen-bond donors (Lipinski definition) is 4. The maximum Gasteiger partial charge on any atom is 0.524 e. The molecule has 0 saturated carbocycles. The minimum atomic E-state index is -4.67. The topological polar surface area (TPSA) is 139 Å². The number of carbonyl (C=O) groups is 1. The maximum absolute atomic E-state index is 11.1. The first-order valence-electron chi connectivity index (χ1n) is 7.25. The molecule has 28 heavy (non-hydrogen) atoms. The SMILES string of the molecule is N[C@@H](Cc1cc(I)c(Oc2cc(I)c(OP(=O)(O)O)c(I)c2)c(I)c1)C(=O)O. The van der Waals surface area contributed by atoms with Crippen molar-refractivity contribution in [3.05, 3.63) is 44.1 Å². The summed E-state index contributed by atoms with van der Waals surface area (Å²) in [6, 6.07) is 5.84. The molecule has 8 nitrogen and oxygen atoms in total. The Morgan fingerprint density at radius 1 is 1.00 bits per heavy atom. The summed E-state index contributed by atoms with van der Waals surface area (Å²) in [6.07, 6.45) is 0.200. The molecule has 0 bridgehead atoms. The predicted molar refractivity (Wildman–Crippen MR) is 136 cm³/mol. The lowest BCUT2D eigenvalue weighted by Crippen LogP contribution is -2.32. The van der Waals surface area contributed by atoms with E-state index in [0.29, 0.717) is 18.6 Å². The largest absolute Gasteiger partial charge is 0.524 e. The first-order valence-corrected chi connectivity index (χ1v) is 13.1. The number of phosphoric ester groups is 1. The highest BCUT2D eigenvalue weighted by Crippen LogP contribution is 2.44. The lowest BCUT2D eigenvalue weighted by molar-refractivity contribution is -0.138. The number of rotatable bonds is 7. The average Bonchev–Trinajstić information content (AvgIpc) is 2.53. The van der Waals surface area contributed by atoms with Gasteiger partial charge in [0.2, 0.25) is 0 Å². The van der Waals surface area contributed by atoms with E-state index < -0.39 is 19.8 Å². The highest BCUT2D eigenvalue weighted by Gasteiger charge is 2.22. The van der Waals surface area contributed by atoms with E-state index >= 15 is 0 Å². The van der Waals surface area contributed by atoms with Crippen molar-refractivity contribution in [1.82, 2.24) is 0 Å². The Morgan fingerprint density at radius 3 is 1.89 bits per heavy atom. The summed E-state index contributed by atoms with van der Waals surface area (Å²) in [7, 11) is -4.67. The Bertz CT molecular complexity index is 919. The van der Waals surface area contributed by atoms with Crippen molar-refractivity contribution in [3.63, 3.8) is 0 Å². The number of aliphatic carboxylic acids is 1.